The number of carbonyl (C=O) groups excluding carboxylic acids is 1. The second-order valence-electron chi connectivity index (χ2n) is 8.71. The molecule has 0 radical (unpaired) electrons. The average molecular weight is 496 g/mol. The topological polar surface area (TPSA) is 97.4 Å². The first-order valence-corrected chi connectivity index (χ1v) is 13.0. The van der Waals surface area contributed by atoms with Gasteiger partial charge in [0, 0.05) is 28.0 Å². The Labute approximate surface area is 202 Å². The van der Waals surface area contributed by atoms with E-state index in [-0.39, 0.29) is 28.0 Å². The molecule has 1 aromatic heterocycles. The Balaban J connectivity index is 1.50. The molecule has 0 spiro atoms. The maximum atomic E-state index is 12.9. The number of benzene rings is 3. The summed E-state index contributed by atoms with van der Waals surface area (Å²) in [4.78, 5) is 16.7. The lowest BCUT2D eigenvalue weighted by Gasteiger charge is -2.19. The van der Waals surface area contributed by atoms with Crippen LogP contribution in [-0.2, 0) is 20.2 Å². The maximum Gasteiger partial charge on any atom is 0.264 e. The third kappa shape index (κ3) is 5.37. The molecule has 0 saturated heterocycles. The molecule has 0 aliphatic rings. The highest BCUT2D eigenvalue weighted by atomic mass is 32.2. The highest BCUT2D eigenvalue weighted by molar-refractivity contribution is 7.93. The number of fused-ring (bicyclic) bond motifs is 1. The average Bonchev–Trinajstić information content (AvgIpc) is 3.30. The van der Waals surface area contributed by atoms with E-state index in [0.29, 0.717) is 22.2 Å². The van der Waals surface area contributed by atoms with Gasteiger partial charge < -0.3 is 10.1 Å². The van der Waals surface area contributed by atoms with E-state index in [0.717, 1.165) is 0 Å². The molecule has 9 heteroatoms. The Bertz CT molecular complexity index is 1410. The molecule has 0 saturated carbocycles. The molecular formula is C25H25N3O4S2. The van der Waals surface area contributed by atoms with Gasteiger partial charge in [0.1, 0.15) is 5.75 Å². The summed E-state index contributed by atoms with van der Waals surface area (Å²) in [6.45, 7) is 6.22. The quantitative estimate of drug-likeness (QED) is 0.357. The number of hydrogen-bond acceptors (Lipinski definition) is 6. The van der Waals surface area contributed by atoms with E-state index in [1.807, 2.05) is 24.3 Å². The molecule has 34 heavy (non-hydrogen) atoms. The Morgan fingerprint density at radius 3 is 2.35 bits per heavy atom. The Morgan fingerprint density at radius 1 is 1.00 bits per heavy atom. The second-order valence-corrected chi connectivity index (χ2v) is 11.3. The fraction of sp³-hybridized carbons (Fsp3) is 0.200. The third-order valence-corrected chi connectivity index (χ3v) is 7.41. The molecule has 0 aliphatic heterocycles. The summed E-state index contributed by atoms with van der Waals surface area (Å²) in [7, 11) is -3.85. The lowest BCUT2D eigenvalue weighted by molar-refractivity contribution is -0.118. The monoisotopic (exact) mass is 495 g/mol. The molecular weight excluding hydrogens is 470 g/mol. The Morgan fingerprint density at radius 2 is 1.71 bits per heavy atom. The second kappa shape index (κ2) is 9.44. The Kier molecular flexibility index (Phi) is 6.58. The molecule has 0 fully saturated rings. The molecule has 0 bridgehead atoms. The van der Waals surface area contributed by atoms with Crippen LogP contribution in [0.4, 0.5) is 10.8 Å². The van der Waals surface area contributed by atoms with Crippen LogP contribution >= 0.6 is 11.3 Å². The van der Waals surface area contributed by atoms with Gasteiger partial charge in [-0.3, -0.25) is 9.52 Å². The smallest absolute Gasteiger partial charge is 0.264 e. The normalized spacial score (nSPS) is 11.9. The van der Waals surface area contributed by atoms with Crippen molar-refractivity contribution in [2.45, 2.75) is 31.1 Å². The minimum Gasteiger partial charge on any atom is -0.484 e. The zero-order chi connectivity index (χ0) is 24.3. The van der Waals surface area contributed by atoms with E-state index in [1.54, 1.807) is 35.7 Å². The number of carbonyl (C=O) groups is 1. The number of sulfonamides is 1. The van der Waals surface area contributed by atoms with Crippen LogP contribution in [0.25, 0.3) is 10.8 Å². The van der Waals surface area contributed by atoms with Gasteiger partial charge in [-0.2, -0.15) is 0 Å². The summed E-state index contributed by atoms with van der Waals surface area (Å²) < 4.78 is 34.0. The van der Waals surface area contributed by atoms with E-state index in [2.05, 4.69) is 35.8 Å². The number of hydrogen-bond donors (Lipinski definition) is 2. The molecule has 4 aromatic rings. The standard InChI is InChI=1S/C25H25N3O4S2/c1-25(2,3)17-8-10-18(11-9-17)32-16-23(29)27-21-12-13-22(20-7-5-4-6-19(20)21)34(30,31)28-24-26-14-15-33-24/h4-15H,16H2,1-3H3,(H,26,28)(H,27,29). The number of amides is 1. The molecule has 176 valence electrons. The van der Waals surface area contributed by atoms with Crippen molar-refractivity contribution < 1.29 is 17.9 Å². The zero-order valence-corrected chi connectivity index (χ0v) is 20.7. The molecule has 1 heterocycles. The van der Waals surface area contributed by atoms with Gasteiger partial charge in [-0.15, -0.1) is 11.3 Å². The van der Waals surface area contributed by atoms with Crippen molar-refractivity contribution in [3.8, 4) is 5.75 Å². The summed E-state index contributed by atoms with van der Waals surface area (Å²) in [5, 5.41) is 5.89. The fourth-order valence-electron chi connectivity index (χ4n) is 3.44. The van der Waals surface area contributed by atoms with Crippen molar-refractivity contribution in [1.82, 2.24) is 4.98 Å². The van der Waals surface area contributed by atoms with E-state index in [1.165, 1.54) is 29.2 Å². The summed E-state index contributed by atoms with van der Waals surface area (Å²) in [5.41, 5.74) is 1.71. The molecule has 1 amide bonds. The lowest BCUT2D eigenvalue weighted by atomic mass is 9.87. The predicted molar refractivity (Wildman–Crippen MR) is 136 cm³/mol. The first-order chi connectivity index (χ1) is 16.1. The maximum absolute atomic E-state index is 12.9. The molecule has 3 aromatic carbocycles. The van der Waals surface area contributed by atoms with E-state index in [4.69, 9.17) is 4.74 Å². The Hall–Kier alpha value is -3.43. The predicted octanol–water partition coefficient (Wildman–Crippen LogP) is 5.41. The number of ether oxygens (including phenoxy) is 1. The van der Waals surface area contributed by atoms with E-state index in [9.17, 15) is 13.2 Å². The summed E-state index contributed by atoms with van der Waals surface area (Å²) in [5.74, 6) is 0.254. The minimum absolute atomic E-state index is 0.0341. The molecule has 0 atom stereocenters. The summed E-state index contributed by atoms with van der Waals surface area (Å²) in [6, 6.07) is 17.7. The van der Waals surface area contributed by atoms with E-state index < -0.39 is 10.0 Å². The number of thiazole rings is 1. The van der Waals surface area contributed by atoms with Gasteiger partial charge in [0.25, 0.3) is 15.9 Å². The van der Waals surface area contributed by atoms with Gasteiger partial charge in [0.2, 0.25) is 0 Å². The lowest BCUT2D eigenvalue weighted by Crippen LogP contribution is -2.20. The molecule has 7 nitrogen and oxygen atoms in total. The number of nitrogens with one attached hydrogen (secondary N) is 2. The van der Waals surface area contributed by atoms with E-state index >= 15 is 0 Å². The van der Waals surface area contributed by atoms with Crippen LogP contribution < -0.4 is 14.8 Å². The van der Waals surface area contributed by atoms with Crippen LogP contribution in [0.2, 0.25) is 0 Å². The van der Waals surface area contributed by atoms with Crippen molar-refractivity contribution in [3.05, 3.63) is 77.8 Å². The van der Waals surface area contributed by atoms with Crippen LogP contribution in [0.15, 0.2) is 77.1 Å². The molecule has 0 unspecified atom stereocenters. The van der Waals surface area contributed by atoms with Gasteiger partial charge >= 0.3 is 0 Å². The first-order valence-electron chi connectivity index (χ1n) is 10.6. The number of nitrogens with zero attached hydrogens (tertiary/aromatic N) is 1. The van der Waals surface area contributed by atoms with Crippen LogP contribution in [-0.4, -0.2) is 25.9 Å². The van der Waals surface area contributed by atoms with Gasteiger partial charge in [-0.1, -0.05) is 57.2 Å². The molecule has 4 rings (SSSR count). The highest BCUT2D eigenvalue weighted by Crippen LogP contribution is 2.31. The van der Waals surface area contributed by atoms with Crippen LogP contribution in [0, 0.1) is 0 Å². The highest BCUT2D eigenvalue weighted by Gasteiger charge is 2.20. The first kappa shape index (κ1) is 23.7. The van der Waals surface area contributed by atoms with Crippen molar-refractivity contribution in [3.63, 3.8) is 0 Å². The van der Waals surface area contributed by atoms with Crippen molar-refractivity contribution in [2.75, 3.05) is 16.6 Å². The van der Waals surface area contributed by atoms with Crippen LogP contribution in [0.5, 0.6) is 5.75 Å². The molecule has 0 aliphatic carbocycles. The van der Waals surface area contributed by atoms with Crippen LogP contribution in [0.3, 0.4) is 0 Å². The summed E-state index contributed by atoms with van der Waals surface area (Å²) >= 11 is 1.19. The van der Waals surface area contributed by atoms with Crippen molar-refractivity contribution >= 4 is 48.9 Å². The van der Waals surface area contributed by atoms with Gasteiger partial charge in [-0.05, 0) is 35.2 Å². The third-order valence-electron chi connectivity index (χ3n) is 5.19. The number of anilines is 2. The van der Waals surface area contributed by atoms with Crippen molar-refractivity contribution in [1.29, 1.82) is 0 Å². The van der Waals surface area contributed by atoms with Gasteiger partial charge in [-0.25, -0.2) is 13.4 Å². The number of aromatic nitrogens is 1. The van der Waals surface area contributed by atoms with Crippen molar-refractivity contribution in [2.24, 2.45) is 0 Å². The minimum atomic E-state index is -3.85. The largest absolute Gasteiger partial charge is 0.484 e. The zero-order valence-electron chi connectivity index (χ0n) is 19.0. The summed E-state index contributed by atoms with van der Waals surface area (Å²) in [6.07, 6.45) is 1.53. The SMILES string of the molecule is CC(C)(C)c1ccc(OCC(=O)Nc2ccc(S(=O)(=O)Nc3nccs3)c3ccccc23)cc1. The fourth-order valence-corrected chi connectivity index (χ4v) is 5.45. The van der Waals surface area contributed by atoms with Gasteiger partial charge in [0.05, 0.1) is 4.90 Å². The number of rotatable bonds is 7. The van der Waals surface area contributed by atoms with Gasteiger partial charge in [0.15, 0.2) is 11.7 Å². The van der Waals surface area contributed by atoms with Crippen LogP contribution in [0.1, 0.15) is 26.3 Å². The molecule has 2 N–H and O–H groups in total.